The normalized spacial score (nSPS) is 14.8. The molecule has 16 heteroatoms. The van der Waals surface area contributed by atoms with Gasteiger partial charge in [-0.25, -0.2) is 9.59 Å². The lowest BCUT2D eigenvalue weighted by atomic mass is 10.3. The van der Waals surface area contributed by atoms with E-state index in [1.165, 1.54) is 31.2 Å². The third kappa shape index (κ3) is 10.9. The monoisotopic (exact) mass is 506 g/mol. The zero-order chi connectivity index (χ0) is 26.0. The van der Waals surface area contributed by atoms with Gasteiger partial charge in [0.05, 0.1) is 10.6 Å². The maximum atomic E-state index is 11.2. The smallest absolute Gasteiger partial charge is 0.364 e. The van der Waals surface area contributed by atoms with Crippen LogP contribution in [0.5, 0.6) is 0 Å². The Hall–Kier alpha value is -3.73. The third-order valence-electron chi connectivity index (χ3n) is 3.38. The Balaban J connectivity index is 0.000000728. The molecule has 0 saturated heterocycles. The Labute approximate surface area is 189 Å². The van der Waals surface area contributed by atoms with E-state index >= 15 is 0 Å². The molecule has 1 rings (SSSR count). The van der Waals surface area contributed by atoms with Crippen LogP contribution >= 0.6 is 0 Å². The summed E-state index contributed by atoms with van der Waals surface area (Å²) in [5, 5.41) is 20.3. The number of carboxylic acid groups (broad SMARTS) is 2. The fraction of sp³-hybridized carbons (Fsp3) is 0.118. The van der Waals surface area contributed by atoms with Crippen LogP contribution in [0.4, 0.5) is 0 Å². The Kier molecular flexibility index (Phi) is 10.9. The molecular weight excluding hydrogens is 484 g/mol. The van der Waals surface area contributed by atoms with Gasteiger partial charge in [-0.05, 0) is 37.3 Å². The van der Waals surface area contributed by atoms with E-state index in [2.05, 4.69) is 11.7 Å². The van der Waals surface area contributed by atoms with E-state index in [4.69, 9.17) is 30.8 Å². The average molecular weight is 507 g/mol. The molecule has 0 spiro atoms. The number of nitrogens with one attached hydrogen (secondary N) is 1. The Morgan fingerprint density at radius 3 is 2.09 bits per heavy atom. The zero-order valence-corrected chi connectivity index (χ0v) is 18.7. The van der Waals surface area contributed by atoms with Gasteiger partial charge in [0, 0.05) is 17.8 Å². The molecule has 0 saturated carbocycles. The first-order chi connectivity index (χ1) is 15.0. The second-order valence-electron chi connectivity index (χ2n) is 5.88. The lowest BCUT2D eigenvalue weighted by Crippen LogP contribution is -2.27. The Morgan fingerprint density at radius 2 is 1.67 bits per heavy atom. The number of hydrogen-bond donors (Lipinski definition) is 7. The fourth-order valence-electron chi connectivity index (χ4n) is 1.67. The van der Waals surface area contributed by atoms with Crippen molar-refractivity contribution in [1.29, 1.82) is 0 Å². The van der Waals surface area contributed by atoms with Crippen molar-refractivity contribution in [1.82, 2.24) is 5.43 Å². The molecule has 0 aromatic carbocycles. The Morgan fingerprint density at radius 1 is 1.12 bits per heavy atom. The summed E-state index contributed by atoms with van der Waals surface area (Å²) in [7, 11) is -8.71. The molecule has 0 atom stereocenters. The molecule has 0 fully saturated rings. The van der Waals surface area contributed by atoms with Gasteiger partial charge in [-0.3, -0.25) is 14.5 Å². The number of nitrogens with two attached hydrogens (primary N) is 2. The average Bonchev–Trinajstić information content (AvgIpc) is 2.86. The number of carbonyl (C=O) groups is 2. The van der Waals surface area contributed by atoms with Crippen LogP contribution in [0.1, 0.15) is 13.3 Å². The summed E-state index contributed by atoms with van der Waals surface area (Å²) < 4.78 is 60.9. The quantitative estimate of drug-likeness (QED) is 0.0741. The molecule has 1 aliphatic carbocycles. The SMILES string of the molecule is C=C/C(N)=C\C=C(/C)S(=O)(=O)O.NC1=CC=C(NN=C(C(=O)O)C(=O)O)C(S(=O)(=O)O)=CC1. The minimum absolute atomic E-state index is 0.0191. The van der Waals surface area contributed by atoms with Crippen molar-refractivity contribution >= 4 is 37.9 Å². The van der Waals surface area contributed by atoms with Crippen molar-refractivity contribution < 1.29 is 45.7 Å². The van der Waals surface area contributed by atoms with E-state index < -0.39 is 42.8 Å². The zero-order valence-electron chi connectivity index (χ0n) is 17.0. The first-order valence-electron chi connectivity index (χ1n) is 8.39. The van der Waals surface area contributed by atoms with Crippen molar-refractivity contribution in [2.24, 2.45) is 16.6 Å². The minimum atomic E-state index is -4.63. The number of carboxylic acids is 2. The molecule has 182 valence electrons. The van der Waals surface area contributed by atoms with Crippen molar-refractivity contribution in [2.75, 3.05) is 0 Å². The van der Waals surface area contributed by atoms with Gasteiger partial charge in [0.25, 0.3) is 25.9 Å². The predicted molar refractivity (Wildman–Crippen MR) is 118 cm³/mol. The van der Waals surface area contributed by atoms with Crippen LogP contribution in [-0.4, -0.2) is 53.8 Å². The van der Waals surface area contributed by atoms with Crippen molar-refractivity contribution in [3.05, 3.63) is 69.9 Å². The minimum Gasteiger partial charge on any atom is -0.476 e. The highest BCUT2D eigenvalue weighted by atomic mass is 32.2. The molecule has 0 aliphatic heterocycles. The van der Waals surface area contributed by atoms with Gasteiger partial charge in [-0.1, -0.05) is 12.7 Å². The predicted octanol–water partition coefficient (Wildman–Crippen LogP) is -0.190. The summed E-state index contributed by atoms with van der Waals surface area (Å²) in [6.45, 7) is 4.63. The summed E-state index contributed by atoms with van der Waals surface area (Å²) in [4.78, 5) is 20.5. The molecule has 0 amide bonds. The molecule has 33 heavy (non-hydrogen) atoms. The summed E-state index contributed by atoms with van der Waals surface area (Å²) in [6, 6.07) is 0. The molecule has 9 N–H and O–H groups in total. The molecule has 0 heterocycles. The van der Waals surface area contributed by atoms with Gasteiger partial charge in [0.1, 0.15) is 4.91 Å². The van der Waals surface area contributed by atoms with Crippen molar-refractivity contribution in [3.8, 4) is 0 Å². The number of rotatable bonds is 8. The number of hydrazone groups is 1. The first kappa shape index (κ1) is 29.3. The van der Waals surface area contributed by atoms with Gasteiger partial charge in [-0.15, -0.1) is 0 Å². The van der Waals surface area contributed by atoms with Crippen LogP contribution in [0.3, 0.4) is 0 Å². The highest BCUT2D eigenvalue weighted by Gasteiger charge is 2.22. The number of aliphatic carboxylic acids is 2. The molecule has 0 bridgehead atoms. The fourth-order valence-corrected chi connectivity index (χ4v) is 2.59. The molecule has 14 nitrogen and oxygen atoms in total. The van der Waals surface area contributed by atoms with Crippen LogP contribution < -0.4 is 16.9 Å². The highest BCUT2D eigenvalue weighted by molar-refractivity contribution is 7.90. The van der Waals surface area contributed by atoms with Gasteiger partial charge in [0.15, 0.2) is 0 Å². The van der Waals surface area contributed by atoms with Crippen molar-refractivity contribution in [3.63, 3.8) is 0 Å². The maximum absolute atomic E-state index is 11.2. The molecule has 0 unspecified atom stereocenters. The second kappa shape index (κ2) is 12.3. The first-order valence-corrected chi connectivity index (χ1v) is 11.3. The lowest BCUT2D eigenvalue weighted by molar-refractivity contribution is -0.134. The van der Waals surface area contributed by atoms with E-state index in [1.54, 1.807) is 0 Å². The Bertz CT molecular complexity index is 1190. The summed E-state index contributed by atoms with van der Waals surface area (Å²) in [6.07, 6.45) is 7.42. The lowest BCUT2D eigenvalue weighted by Gasteiger charge is -2.07. The van der Waals surface area contributed by atoms with E-state index in [0.29, 0.717) is 5.70 Å². The topological polar surface area (TPSA) is 260 Å². The van der Waals surface area contributed by atoms with Crippen LogP contribution in [0.25, 0.3) is 0 Å². The van der Waals surface area contributed by atoms with Crippen molar-refractivity contribution in [2.45, 2.75) is 13.3 Å². The van der Waals surface area contributed by atoms with Gasteiger partial charge in [-0.2, -0.15) is 21.9 Å². The standard InChI is InChI=1S/C10H11N3O7S.C7H11NO3S/c11-5-1-3-6(7(4-2-5)21(18,19)20)12-13-8(9(14)15)10(16)17;1-3-7(8)5-4-6(2)12(9,10)11/h1,3-4,12H,2,11H2,(H,14,15)(H,16,17)(H,18,19,20);3-5H,1,8H2,2H3,(H,9,10,11)/b;6-4+,7-5+. The number of allylic oxidation sites excluding steroid dienone is 7. The van der Waals surface area contributed by atoms with E-state index in [-0.39, 0.29) is 22.7 Å². The molecule has 1 aliphatic rings. The summed E-state index contributed by atoms with van der Waals surface area (Å²) in [5.41, 5.74) is 11.8. The largest absolute Gasteiger partial charge is 0.476 e. The van der Waals surface area contributed by atoms with E-state index in [0.717, 1.165) is 12.2 Å². The van der Waals surface area contributed by atoms with Gasteiger partial charge in [0.2, 0.25) is 0 Å². The molecule has 0 aromatic rings. The number of hydrogen-bond acceptors (Lipinski definition) is 10. The molecule has 0 aromatic heterocycles. The van der Waals surface area contributed by atoms with Crippen LogP contribution in [0.15, 0.2) is 75.0 Å². The second-order valence-corrected chi connectivity index (χ2v) is 8.86. The summed E-state index contributed by atoms with van der Waals surface area (Å²) >= 11 is 0. The summed E-state index contributed by atoms with van der Waals surface area (Å²) in [5.74, 6) is -3.65. The third-order valence-corrected chi connectivity index (χ3v) is 5.27. The van der Waals surface area contributed by atoms with Crippen LogP contribution in [0, 0.1) is 0 Å². The van der Waals surface area contributed by atoms with Gasteiger partial charge >= 0.3 is 11.9 Å². The molecule has 0 radical (unpaired) electrons. The van der Waals surface area contributed by atoms with E-state index in [1.807, 2.05) is 5.43 Å². The van der Waals surface area contributed by atoms with Gasteiger partial charge < -0.3 is 21.7 Å². The molecular formula is C17H22N4O10S2. The number of nitrogens with zero attached hydrogens (tertiary/aromatic N) is 1. The highest BCUT2D eigenvalue weighted by Crippen LogP contribution is 2.19. The maximum Gasteiger partial charge on any atom is 0.364 e. The van der Waals surface area contributed by atoms with Crippen LogP contribution in [-0.2, 0) is 29.8 Å². The van der Waals surface area contributed by atoms with E-state index in [9.17, 15) is 26.4 Å². The van der Waals surface area contributed by atoms with Crippen LogP contribution in [0.2, 0.25) is 0 Å².